The molecule has 2 N–H and O–H groups in total. The van der Waals surface area contributed by atoms with Crippen molar-refractivity contribution in [3.8, 4) is 0 Å². The second-order valence-corrected chi connectivity index (χ2v) is 6.73. The number of ether oxygens (including phenoxy) is 1. The van der Waals surface area contributed by atoms with E-state index in [4.69, 9.17) is 5.73 Å². The molecule has 2 rings (SSSR count). The van der Waals surface area contributed by atoms with E-state index in [2.05, 4.69) is 9.72 Å². The maximum Gasteiger partial charge on any atom is 0.356 e. The van der Waals surface area contributed by atoms with Gasteiger partial charge in [-0.3, -0.25) is 0 Å². The molecule has 1 aliphatic rings. The van der Waals surface area contributed by atoms with Crippen LogP contribution in [0.4, 0.5) is 11.5 Å². The molecule has 1 aliphatic heterocycles. The van der Waals surface area contributed by atoms with E-state index in [-0.39, 0.29) is 5.69 Å². The molecule has 116 valence electrons. The molecule has 0 radical (unpaired) electrons. The first kappa shape index (κ1) is 15.5. The number of piperazine rings is 1. The van der Waals surface area contributed by atoms with Crippen molar-refractivity contribution in [1.82, 2.24) is 9.29 Å². The fourth-order valence-corrected chi connectivity index (χ4v) is 2.99. The number of hydrogen-bond acceptors (Lipinski definition) is 7. The van der Waals surface area contributed by atoms with Crippen LogP contribution in [0, 0.1) is 0 Å². The molecule has 0 atom stereocenters. The Labute approximate surface area is 123 Å². The maximum atomic E-state index is 11.5. The zero-order valence-corrected chi connectivity index (χ0v) is 12.8. The lowest BCUT2D eigenvalue weighted by Gasteiger charge is -2.34. The van der Waals surface area contributed by atoms with Gasteiger partial charge in [-0.1, -0.05) is 0 Å². The van der Waals surface area contributed by atoms with Crippen LogP contribution in [-0.2, 0) is 14.8 Å². The fraction of sp³-hybridized carbons (Fsp3) is 0.500. The lowest BCUT2D eigenvalue weighted by Crippen LogP contribution is -2.48. The summed E-state index contributed by atoms with van der Waals surface area (Å²) in [6.45, 7) is 1.66. The Morgan fingerprint density at radius 3 is 2.43 bits per heavy atom. The van der Waals surface area contributed by atoms with Gasteiger partial charge in [0, 0.05) is 26.2 Å². The Kier molecular flexibility index (Phi) is 4.33. The third-order valence-corrected chi connectivity index (χ3v) is 4.61. The van der Waals surface area contributed by atoms with Crippen molar-refractivity contribution in [3.63, 3.8) is 0 Å². The number of carbonyl (C=O) groups excluding carboxylic acids is 1. The highest BCUT2D eigenvalue weighted by molar-refractivity contribution is 7.88. The normalized spacial score (nSPS) is 16.8. The lowest BCUT2D eigenvalue weighted by atomic mass is 10.2. The highest BCUT2D eigenvalue weighted by atomic mass is 32.2. The zero-order valence-electron chi connectivity index (χ0n) is 11.9. The summed E-state index contributed by atoms with van der Waals surface area (Å²) in [5.74, 6) is -0.0583. The van der Waals surface area contributed by atoms with Gasteiger partial charge in [0.25, 0.3) is 0 Å². The average Bonchev–Trinajstić information content (AvgIpc) is 2.46. The number of anilines is 2. The van der Waals surface area contributed by atoms with Gasteiger partial charge < -0.3 is 15.4 Å². The summed E-state index contributed by atoms with van der Waals surface area (Å²) in [6, 6.07) is 3.09. The molecule has 1 fully saturated rings. The molecule has 1 aromatic heterocycles. The minimum atomic E-state index is -3.19. The Balaban J connectivity index is 2.18. The number of hydrogen-bond donors (Lipinski definition) is 1. The minimum Gasteiger partial charge on any atom is -0.464 e. The molecular formula is C12H18N4O4S. The van der Waals surface area contributed by atoms with E-state index in [1.165, 1.54) is 23.7 Å². The molecule has 9 heteroatoms. The molecule has 21 heavy (non-hydrogen) atoms. The molecular weight excluding hydrogens is 296 g/mol. The smallest absolute Gasteiger partial charge is 0.356 e. The van der Waals surface area contributed by atoms with E-state index in [0.717, 1.165) is 0 Å². The van der Waals surface area contributed by atoms with Crippen LogP contribution >= 0.6 is 0 Å². The first-order chi connectivity index (χ1) is 9.82. The predicted molar refractivity (Wildman–Crippen MR) is 78.6 cm³/mol. The standard InChI is InChI=1S/C12H18N4O4S/c1-20-12(17)10-4-3-9(13)11(14-10)15-5-7-16(8-6-15)21(2,18)19/h3-4H,5-8,13H2,1-2H3. The number of carbonyl (C=O) groups is 1. The Hall–Kier alpha value is -1.87. The largest absolute Gasteiger partial charge is 0.464 e. The highest BCUT2D eigenvalue weighted by Crippen LogP contribution is 2.23. The van der Waals surface area contributed by atoms with Gasteiger partial charge in [0.15, 0.2) is 11.5 Å². The summed E-state index contributed by atoms with van der Waals surface area (Å²) in [6.07, 6.45) is 1.19. The number of nitrogen functional groups attached to an aromatic ring is 1. The first-order valence-electron chi connectivity index (χ1n) is 6.38. The number of pyridine rings is 1. The lowest BCUT2D eigenvalue weighted by molar-refractivity contribution is 0.0594. The number of aromatic nitrogens is 1. The van der Waals surface area contributed by atoms with Crippen LogP contribution in [0.15, 0.2) is 12.1 Å². The van der Waals surface area contributed by atoms with Crippen molar-refractivity contribution in [3.05, 3.63) is 17.8 Å². The van der Waals surface area contributed by atoms with Crippen LogP contribution < -0.4 is 10.6 Å². The quantitative estimate of drug-likeness (QED) is 0.752. The van der Waals surface area contributed by atoms with E-state index in [9.17, 15) is 13.2 Å². The van der Waals surface area contributed by atoms with Crippen LogP contribution in [0.25, 0.3) is 0 Å². The van der Waals surface area contributed by atoms with Crippen molar-refractivity contribution < 1.29 is 17.9 Å². The Morgan fingerprint density at radius 2 is 1.90 bits per heavy atom. The van der Waals surface area contributed by atoms with E-state index in [0.29, 0.717) is 37.7 Å². The van der Waals surface area contributed by atoms with Gasteiger partial charge in [0.2, 0.25) is 10.0 Å². The fourth-order valence-electron chi connectivity index (χ4n) is 2.16. The van der Waals surface area contributed by atoms with Gasteiger partial charge in [0.1, 0.15) is 0 Å². The molecule has 0 aliphatic carbocycles. The second-order valence-electron chi connectivity index (χ2n) is 4.75. The van der Waals surface area contributed by atoms with E-state index in [1.54, 1.807) is 6.07 Å². The van der Waals surface area contributed by atoms with E-state index >= 15 is 0 Å². The third-order valence-electron chi connectivity index (χ3n) is 3.31. The number of methoxy groups -OCH3 is 1. The van der Waals surface area contributed by atoms with Crippen LogP contribution in [0.3, 0.4) is 0 Å². The molecule has 8 nitrogen and oxygen atoms in total. The van der Waals surface area contributed by atoms with Gasteiger partial charge in [-0.2, -0.15) is 4.31 Å². The summed E-state index contributed by atoms with van der Waals surface area (Å²) in [5.41, 5.74) is 6.51. The van der Waals surface area contributed by atoms with E-state index in [1.807, 2.05) is 4.90 Å². The summed E-state index contributed by atoms with van der Waals surface area (Å²) in [7, 11) is -1.90. The van der Waals surface area contributed by atoms with Gasteiger partial charge in [-0.15, -0.1) is 0 Å². The van der Waals surface area contributed by atoms with Crippen LogP contribution in [-0.4, -0.2) is 63.2 Å². The van der Waals surface area contributed by atoms with Gasteiger partial charge in [-0.05, 0) is 12.1 Å². The number of nitrogens with two attached hydrogens (primary N) is 1. The number of esters is 1. The summed E-state index contributed by atoms with van der Waals surface area (Å²) >= 11 is 0. The molecule has 2 heterocycles. The summed E-state index contributed by atoms with van der Waals surface area (Å²) in [5, 5.41) is 0. The van der Waals surface area contributed by atoms with Crippen molar-refractivity contribution in [2.45, 2.75) is 0 Å². The summed E-state index contributed by atoms with van der Waals surface area (Å²) < 4.78 is 29.0. The van der Waals surface area contributed by atoms with Crippen LogP contribution in [0.1, 0.15) is 10.5 Å². The Bertz CT molecular complexity index is 639. The minimum absolute atomic E-state index is 0.173. The molecule has 0 unspecified atom stereocenters. The van der Waals surface area contributed by atoms with Gasteiger partial charge >= 0.3 is 5.97 Å². The molecule has 0 amide bonds. The van der Waals surface area contributed by atoms with Crippen molar-refractivity contribution in [2.24, 2.45) is 0 Å². The summed E-state index contributed by atoms with van der Waals surface area (Å²) in [4.78, 5) is 17.6. The van der Waals surface area contributed by atoms with Crippen molar-refractivity contribution in [2.75, 3.05) is 50.2 Å². The number of rotatable bonds is 3. The highest BCUT2D eigenvalue weighted by Gasteiger charge is 2.25. The molecule has 1 aromatic rings. The Morgan fingerprint density at radius 1 is 1.29 bits per heavy atom. The van der Waals surface area contributed by atoms with E-state index < -0.39 is 16.0 Å². The third kappa shape index (κ3) is 3.42. The zero-order chi connectivity index (χ0) is 15.6. The molecule has 0 spiro atoms. The second kappa shape index (κ2) is 5.86. The molecule has 0 aromatic carbocycles. The topological polar surface area (TPSA) is 106 Å². The molecule has 1 saturated heterocycles. The maximum absolute atomic E-state index is 11.5. The van der Waals surface area contributed by atoms with Gasteiger partial charge in [0.05, 0.1) is 19.1 Å². The van der Waals surface area contributed by atoms with Crippen LogP contribution in [0.5, 0.6) is 0 Å². The predicted octanol–water partition coefficient (Wildman–Crippen LogP) is -0.468. The van der Waals surface area contributed by atoms with Crippen molar-refractivity contribution >= 4 is 27.5 Å². The monoisotopic (exact) mass is 314 g/mol. The van der Waals surface area contributed by atoms with Crippen LogP contribution in [0.2, 0.25) is 0 Å². The number of sulfonamides is 1. The average molecular weight is 314 g/mol. The SMILES string of the molecule is COC(=O)c1ccc(N)c(N2CCN(S(C)(=O)=O)CC2)n1. The number of nitrogens with zero attached hydrogens (tertiary/aromatic N) is 3. The van der Waals surface area contributed by atoms with Gasteiger partial charge in [-0.25, -0.2) is 18.2 Å². The van der Waals surface area contributed by atoms with Crippen molar-refractivity contribution in [1.29, 1.82) is 0 Å². The molecule has 0 saturated carbocycles. The first-order valence-corrected chi connectivity index (χ1v) is 8.22. The molecule has 0 bridgehead atoms.